The lowest BCUT2D eigenvalue weighted by atomic mass is 10.2. The third-order valence-electron chi connectivity index (χ3n) is 3.22. The molecule has 10 heteroatoms. The molecule has 0 bridgehead atoms. The average Bonchev–Trinajstić information content (AvgIpc) is 2.55. The van der Waals surface area contributed by atoms with E-state index in [0.29, 0.717) is 5.56 Å². The van der Waals surface area contributed by atoms with E-state index in [1.165, 1.54) is 24.3 Å². The fraction of sp³-hybridized carbons (Fsp3) is 0.300. The highest BCUT2D eigenvalue weighted by atomic mass is 32.2. The van der Waals surface area contributed by atoms with E-state index in [0.717, 1.165) is 16.7 Å². The molecule has 172 valence electrons. The van der Waals surface area contributed by atoms with E-state index >= 15 is 0 Å². The summed E-state index contributed by atoms with van der Waals surface area (Å²) in [5.74, 6) is -1.72. The highest BCUT2D eigenvalue weighted by molar-refractivity contribution is 7.98. The number of carbonyl (C=O) groups is 2. The maximum Gasteiger partial charge on any atom is 0.307 e. The Kier molecular flexibility index (Phi) is 19.2. The first-order chi connectivity index (χ1) is 12.1. The number of rotatable bonds is 6. The molecule has 0 aliphatic rings. The van der Waals surface area contributed by atoms with Crippen molar-refractivity contribution in [2.75, 3.05) is 12.5 Å². The molecule has 0 atom stereocenters. The van der Waals surface area contributed by atoms with Crippen LogP contribution in [0.15, 0.2) is 58.3 Å². The maximum absolute atomic E-state index is 11.1. The van der Waals surface area contributed by atoms with Gasteiger partial charge in [0.15, 0.2) is 9.84 Å². The Morgan fingerprint density at radius 3 is 1.40 bits per heavy atom. The van der Waals surface area contributed by atoms with Crippen LogP contribution in [0.25, 0.3) is 0 Å². The van der Waals surface area contributed by atoms with Crippen molar-refractivity contribution in [1.29, 1.82) is 0 Å². The summed E-state index contributed by atoms with van der Waals surface area (Å²) >= 11 is 1.65. The fourth-order valence-electron chi connectivity index (χ4n) is 1.95. The molecule has 0 heterocycles. The zero-order chi connectivity index (χ0) is 19.7. The van der Waals surface area contributed by atoms with Crippen molar-refractivity contribution in [2.24, 2.45) is 0 Å². The predicted molar refractivity (Wildman–Crippen MR) is 121 cm³/mol. The first kappa shape index (κ1) is 35.1. The van der Waals surface area contributed by atoms with Gasteiger partial charge in [0.25, 0.3) is 0 Å². The third kappa shape index (κ3) is 13.7. The van der Waals surface area contributed by atoms with Crippen LogP contribution in [0, 0.1) is 0 Å². The van der Waals surface area contributed by atoms with Crippen molar-refractivity contribution in [1.82, 2.24) is 0 Å². The summed E-state index contributed by atoms with van der Waals surface area (Å²) < 4.78 is 22.1. The van der Waals surface area contributed by atoms with Crippen molar-refractivity contribution in [2.45, 2.75) is 37.5 Å². The number of thioether (sulfide) groups is 1. The van der Waals surface area contributed by atoms with E-state index in [-0.39, 0.29) is 43.5 Å². The van der Waals surface area contributed by atoms with Crippen LogP contribution in [0.4, 0.5) is 0 Å². The molecule has 0 aliphatic heterocycles. The Morgan fingerprint density at radius 2 is 1.13 bits per heavy atom. The van der Waals surface area contributed by atoms with Gasteiger partial charge in [-0.05, 0) is 41.6 Å². The number of carboxylic acid groups (broad SMARTS) is 2. The van der Waals surface area contributed by atoms with Crippen molar-refractivity contribution < 1.29 is 39.2 Å². The SMILES string of the molecule is C.C.CS(=O)(=O)c1ccc(CC(=O)O)cc1.CSc1ccc(CC(=O)O)cc1.O.O. The van der Waals surface area contributed by atoms with E-state index in [4.69, 9.17) is 10.2 Å². The molecule has 0 spiro atoms. The van der Waals surface area contributed by atoms with Crippen molar-refractivity contribution >= 4 is 33.5 Å². The maximum atomic E-state index is 11.1. The van der Waals surface area contributed by atoms with Gasteiger partial charge in [-0.2, -0.15) is 0 Å². The van der Waals surface area contributed by atoms with Gasteiger partial charge in [0, 0.05) is 11.2 Å². The lowest BCUT2D eigenvalue weighted by Gasteiger charge is -1.99. The van der Waals surface area contributed by atoms with Crippen molar-refractivity contribution in [3.63, 3.8) is 0 Å². The van der Waals surface area contributed by atoms with E-state index in [1.807, 2.05) is 30.5 Å². The smallest absolute Gasteiger partial charge is 0.307 e. The van der Waals surface area contributed by atoms with E-state index < -0.39 is 21.8 Å². The van der Waals surface area contributed by atoms with Gasteiger partial charge in [0.1, 0.15) is 0 Å². The Balaban J connectivity index is -0.000000200. The second kappa shape index (κ2) is 16.4. The molecule has 0 radical (unpaired) electrons. The van der Waals surface area contributed by atoms with Crippen LogP contribution in [-0.4, -0.2) is 54.0 Å². The summed E-state index contributed by atoms with van der Waals surface area (Å²) in [5.41, 5.74) is 1.44. The second-order valence-electron chi connectivity index (χ2n) is 5.41. The standard InChI is InChI=1S/C9H10O4S.C9H10O2S.2CH4.2H2O/c1-14(12,13)8-4-2-7(3-5-8)6-9(10)11;1-12-8-4-2-7(3-5-8)6-9(10)11;;;;/h2-5H,6H2,1H3,(H,10,11);2-5H,6H2,1H3,(H,10,11);2*1H4;2*1H2. The van der Waals surface area contributed by atoms with Crippen LogP contribution in [0.3, 0.4) is 0 Å². The van der Waals surface area contributed by atoms with Crippen LogP contribution >= 0.6 is 11.8 Å². The van der Waals surface area contributed by atoms with E-state index in [9.17, 15) is 18.0 Å². The van der Waals surface area contributed by atoms with Gasteiger partial charge in [-0.3, -0.25) is 9.59 Å². The van der Waals surface area contributed by atoms with Gasteiger partial charge in [-0.25, -0.2) is 8.42 Å². The molecule has 0 saturated heterocycles. The van der Waals surface area contributed by atoms with Crippen LogP contribution in [0.1, 0.15) is 26.0 Å². The molecular formula is C20H32O8S2. The quantitative estimate of drug-likeness (QED) is 0.617. The summed E-state index contributed by atoms with van der Waals surface area (Å²) in [6.07, 6.45) is 3.12. The Morgan fingerprint density at radius 1 is 0.800 bits per heavy atom. The van der Waals surface area contributed by atoms with Gasteiger partial charge >= 0.3 is 11.9 Å². The molecule has 2 rings (SSSR count). The molecule has 0 fully saturated rings. The number of sulfone groups is 1. The minimum Gasteiger partial charge on any atom is -0.481 e. The van der Waals surface area contributed by atoms with Gasteiger partial charge in [-0.15, -0.1) is 11.8 Å². The van der Waals surface area contributed by atoms with Crippen LogP contribution in [0.5, 0.6) is 0 Å². The minimum absolute atomic E-state index is 0. The molecule has 0 aromatic heterocycles. The molecule has 0 unspecified atom stereocenters. The molecule has 2 aromatic rings. The molecular weight excluding hydrogens is 432 g/mol. The third-order valence-corrected chi connectivity index (χ3v) is 5.09. The molecule has 8 nitrogen and oxygen atoms in total. The number of benzene rings is 2. The van der Waals surface area contributed by atoms with Crippen molar-refractivity contribution in [3.8, 4) is 0 Å². The topological polar surface area (TPSA) is 172 Å². The van der Waals surface area contributed by atoms with Gasteiger partial charge in [-0.1, -0.05) is 39.1 Å². The lowest BCUT2D eigenvalue weighted by Crippen LogP contribution is -2.01. The molecule has 2 aromatic carbocycles. The van der Waals surface area contributed by atoms with Crippen molar-refractivity contribution in [3.05, 3.63) is 59.7 Å². The Labute approximate surface area is 182 Å². The minimum atomic E-state index is -3.20. The molecule has 0 saturated carbocycles. The van der Waals surface area contributed by atoms with Gasteiger partial charge < -0.3 is 21.2 Å². The monoisotopic (exact) mass is 464 g/mol. The second-order valence-corrected chi connectivity index (χ2v) is 8.30. The van der Waals surface area contributed by atoms with E-state index in [2.05, 4.69) is 0 Å². The largest absolute Gasteiger partial charge is 0.481 e. The average molecular weight is 465 g/mol. The molecule has 6 N–H and O–H groups in total. The number of hydrogen-bond acceptors (Lipinski definition) is 5. The zero-order valence-corrected chi connectivity index (χ0v) is 17.0. The zero-order valence-electron chi connectivity index (χ0n) is 15.4. The molecule has 0 amide bonds. The molecule has 30 heavy (non-hydrogen) atoms. The fourth-order valence-corrected chi connectivity index (χ4v) is 2.99. The highest BCUT2D eigenvalue weighted by Gasteiger charge is 2.07. The predicted octanol–water partition coefficient (Wildman–Crippen LogP) is 2.38. The number of hydrogen-bond donors (Lipinski definition) is 2. The van der Waals surface area contributed by atoms with E-state index in [1.54, 1.807) is 11.8 Å². The summed E-state index contributed by atoms with van der Waals surface area (Å²) in [4.78, 5) is 22.0. The van der Waals surface area contributed by atoms with Crippen LogP contribution in [-0.2, 0) is 32.3 Å². The number of carboxylic acids is 2. The normalized spacial score (nSPS) is 9.13. The summed E-state index contributed by atoms with van der Waals surface area (Å²) in [6.45, 7) is 0. The van der Waals surface area contributed by atoms with Gasteiger partial charge in [0.05, 0.1) is 17.7 Å². The van der Waals surface area contributed by atoms with Crippen LogP contribution in [0.2, 0.25) is 0 Å². The first-order valence-corrected chi connectivity index (χ1v) is 10.6. The summed E-state index contributed by atoms with van der Waals surface area (Å²) in [6, 6.07) is 13.4. The summed E-state index contributed by atoms with van der Waals surface area (Å²) in [7, 11) is -3.20. The highest BCUT2D eigenvalue weighted by Crippen LogP contribution is 2.15. The molecule has 0 aliphatic carbocycles. The van der Waals surface area contributed by atoms with Crippen LogP contribution < -0.4 is 0 Å². The van der Waals surface area contributed by atoms with Gasteiger partial charge in [0.2, 0.25) is 0 Å². The Bertz CT molecular complexity index is 845. The Hall–Kier alpha value is -2.40. The summed E-state index contributed by atoms with van der Waals surface area (Å²) in [5, 5.41) is 17.0. The number of aliphatic carboxylic acids is 2. The lowest BCUT2D eigenvalue weighted by molar-refractivity contribution is -0.137. The first-order valence-electron chi connectivity index (χ1n) is 7.47.